The number of H-pyrrole nitrogens is 1. The van der Waals surface area contributed by atoms with Crippen LogP contribution < -0.4 is 5.32 Å². The molecule has 2 aliphatic rings. The topological polar surface area (TPSA) is 34.3 Å². The number of rotatable bonds is 7. The lowest BCUT2D eigenvalue weighted by Crippen LogP contribution is -2.47. The number of alkyl halides is 4. The van der Waals surface area contributed by atoms with Gasteiger partial charge in [-0.25, -0.2) is 8.78 Å². The Labute approximate surface area is 218 Å². The molecule has 2 N–H and O–H groups in total. The van der Waals surface area contributed by atoms with Crippen LogP contribution in [0.2, 0.25) is 0 Å². The number of aromatic amines is 1. The summed E-state index contributed by atoms with van der Waals surface area (Å²) in [6, 6.07) is 7.71. The van der Waals surface area contributed by atoms with E-state index >= 15 is 8.78 Å². The van der Waals surface area contributed by atoms with E-state index < -0.39 is 48.7 Å². The van der Waals surface area contributed by atoms with Gasteiger partial charge in [-0.2, -0.15) is 13.2 Å². The van der Waals surface area contributed by atoms with Crippen LogP contribution >= 0.6 is 0 Å². The normalized spacial score (nSPS) is 24.7. The molecular formula is C28H32F6N4. The van der Waals surface area contributed by atoms with E-state index in [0.717, 1.165) is 27.9 Å². The van der Waals surface area contributed by atoms with Gasteiger partial charge in [0.25, 0.3) is 0 Å². The maximum Gasteiger partial charge on any atom is 0.401 e. The van der Waals surface area contributed by atoms with Gasteiger partial charge in [0.1, 0.15) is 11.6 Å². The van der Waals surface area contributed by atoms with Gasteiger partial charge in [0.05, 0.1) is 19.3 Å². The van der Waals surface area contributed by atoms with Crippen LogP contribution in [0.15, 0.2) is 36.4 Å². The molecule has 3 aromatic rings. The predicted molar refractivity (Wildman–Crippen MR) is 136 cm³/mol. The summed E-state index contributed by atoms with van der Waals surface area (Å²) in [7, 11) is 0. The van der Waals surface area contributed by atoms with Crippen molar-refractivity contribution in [1.82, 2.24) is 14.8 Å². The Morgan fingerprint density at radius 1 is 1.05 bits per heavy atom. The molecule has 0 spiro atoms. The number of nitrogens with zero attached hydrogens (tertiary/aromatic N) is 2. The van der Waals surface area contributed by atoms with Crippen LogP contribution in [0, 0.1) is 17.6 Å². The molecule has 1 fully saturated rings. The maximum atomic E-state index is 15.7. The summed E-state index contributed by atoms with van der Waals surface area (Å²) in [5, 5.41) is 4.04. The number of fused-ring (bicyclic) bond motifs is 3. The predicted octanol–water partition coefficient (Wildman–Crippen LogP) is 6.44. The third-order valence-corrected chi connectivity index (χ3v) is 7.88. The second-order valence-corrected chi connectivity index (χ2v) is 10.7. The molecule has 38 heavy (non-hydrogen) atoms. The van der Waals surface area contributed by atoms with Crippen LogP contribution in [0.3, 0.4) is 0 Å². The SMILES string of the molecule is C[C@@H]1Cc2c([nH]c3ccccc23)[C@@H](c2c(F)cc(N[C@@H]3CN(CCCF)C[C@@H]3C)cc2F)N1CC(F)(F)F. The van der Waals surface area contributed by atoms with Crippen molar-refractivity contribution in [3.05, 3.63) is 64.9 Å². The van der Waals surface area contributed by atoms with E-state index in [4.69, 9.17) is 0 Å². The molecule has 4 atom stereocenters. The van der Waals surface area contributed by atoms with E-state index in [0.29, 0.717) is 31.6 Å². The van der Waals surface area contributed by atoms with Gasteiger partial charge in [0.15, 0.2) is 0 Å². The summed E-state index contributed by atoms with van der Waals surface area (Å²) in [6.45, 7) is 3.96. The lowest BCUT2D eigenvalue weighted by Gasteiger charge is -2.41. The fourth-order valence-electron chi connectivity index (χ4n) is 6.14. The van der Waals surface area contributed by atoms with Crippen molar-refractivity contribution in [3.8, 4) is 0 Å². The Morgan fingerprint density at radius 2 is 1.76 bits per heavy atom. The van der Waals surface area contributed by atoms with Crippen molar-refractivity contribution < 1.29 is 26.3 Å². The molecule has 0 bridgehead atoms. The van der Waals surface area contributed by atoms with Crippen molar-refractivity contribution >= 4 is 16.6 Å². The summed E-state index contributed by atoms with van der Waals surface area (Å²) in [4.78, 5) is 6.41. The van der Waals surface area contributed by atoms with Crippen LogP contribution in [0.5, 0.6) is 0 Å². The highest BCUT2D eigenvalue weighted by Gasteiger charge is 2.44. The van der Waals surface area contributed by atoms with Gasteiger partial charge in [-0.1, -0.05) is 25.1 Å². The molecule has 0 saturated carbocycles. The van der Waals surface area contributed by atoms with E-state index in [1.54, 1.807) is 13.0 Å². The van der Waals surface area contributed by atoms with E-state index in [2.05, 4.69) is 15.2 Å². The molecule has 2 aliphatic heterocycles. The average Bonchev–Trinajstić information content (AvgIpc) is 3.38. The summed E-state index contributed by atoms with van der Waals surface area (Å²) in [6.07, 6.45) is -3.79. The molecule has 0 radical (unpaired) electrons. The lowest BCUT2D eigenvalue weighted by atomic mass is 9.88. The summed E-state index contributed by atoms with van der Waals surface area (Å²) >= 11 is 0. The van der Waals surface area contributed by atoms with Gasteiger partial charge < -0.3 is 15.2 Å². The molecule has 206 valence electrons. The highest BCUT2D eigenvalue weighted by Crippen LogP contribution is 2.44. The molecule has 1 aromatic heterocycles. The third-order valence-electron chi connectivity index (χ3n) is 7.88. The molecule has 5 rings (SSSR count). The van der Waals surface area contributed by atoms with Gasteiger partial charge in [-0.15, -0.1) is 0 Å². The fourth-order valence-corrected chi connectivity index (χ4v) is 6.14. The highest BCUT2D eigenvalue weighted by atomic mass is 19.4. The van der Waals surface area contributed by atoms with Gasteiger partial charge in [0, 0.05) is 59.6 Å². The monoisotopic (exact) mass is 538 g/mol. The standard InChI is InChI=1S/C28H32F6N4/c1-16-13-37(9-5-8-29)14-24(16)35-18-11-21(30)25(22(31)12-18)27-26-20(19-6-3-4-7-23(19)36-26)10-17(2)38(27)15-28(32,33)34/h3-4,6-7,11-12,16-17,24,27,35-36H,5,8-10,13-15H2,1-2H3/t16-,17+,24+,27+/m0/s1. The number of para-hydroxylation sites is 1. The quantitative estimate of drug-likeness (QED) is 0.340. The second-order valence-electron chi connectivity index (χ2n) is 10.7. The Balaban J connectivity index is 1.51. The number of likely N-dealkylation sites (tertiary alicyclic amines) is 1. The number of benzene rings is 2. The van der Waals surface area contributed by atoms with Crippen molar-refractivity contribution in [2.75, 3.05) is 38.2 Å². The van der Waals surface area contributed by atoms with E-state index in [1.165, 1.54) is 12.1 Å². The smallest absolute Gasteiger partial charge is 0.381 e. The number of hydrogen-bond acceptors (Lipinski definition) is 3. The average molecular weight is 539 g/mol. The first-order chi connectivity index (χ1) is 18.1. The molecule has 1 saturated heterocycles. The van der Waals surface area contributed by atoms with Crippen LogP contribution in [0.4, 0.5) is 32.0 Å². The molecule has 0 unspecified atom stereocenters. The molecular weight excluding hydrogens is 506 g/mol. The minimum atomic E-state index is -4.54. The lowest BCUT2D eigenvalue weighted by molar-refractivity contribution is -0.155. The number of hydrogen-bond donors (Lipinski definition) is 2. The molecule has 10 heteroatoms. The van der Waals surface area contributed by atoms with Crippen LogP contribution in [-0.2, 0) is 6.42 Å². The van der Waals surface area contributed by atoms with Crippen LogP contribution in [0.1, 0.15) is 43.1 Å². The summed E-state index contributed by atoms with van der Waals surface area (Å²) in [5.41, 5.74) is 1.72. The molecule has 0 aliphatic carbocycles. The zero-order chi connectivity index (χ0) is 27.2. The number of aromatic nitrogens is 1. The van der Waals surface area contributed by atoms with Crippen molar-refractivity contribution in [3.63, 3.8) is 0 Å². The second kappa shape index (κ2) is 10.4. The fraction of sp³-hybridized carbons (Fsp3) is 0.500. The Hall–Kier alpha value is -2.72. The van der Waals surface area contributed by atoms with Gasteiger partial charge in [-0.3, -0.25) is 9.29 Å². The number of anilines is 1. The first kappa shape index (κ1) is 26.9. The van der Waals surface area contributed by atoms with E-state index in [-0.39, 0.29) is 17.6 Å². The highest BCUT2D eigenvalue weighted by molar-refractivity contribution is 5.85. The van der Waals surface area contributed by atoms with E-state index in [9.17, 15) is 17.6 Å². The van der Waals surface area contributed by atoms with Gasteiger partial charge >= 0.3 is 6.18 Å². The zero-order valence-corrected chi connectivity index (χ0v) is 21.4. The van der Waals surface area contributed by atoms with Crippen LogP contribution in [0.25, 0.3) is 10.9 Å². The minimum absolute atomic E-state index is 0.0870. The van der Waals surface area contributed by atoms with Crippen molar-refractivity contribution in [2.45, 2.75) is 51.0 Å². The summed E-state index contributed by atoms with van der Waals surface area (Å²) in [5.74, 6) is -1.62. The molecule has 0 amide bonds. The molecule has 4 nitrogen and oxygen atoms in total. The number of halogens is 6. The van der Waals surface area contributed by atoms with Gasteiger partial charge in [0.2, 0.25) is 0 Å². The van der Waals surface area contributed by atoms with Crippen LogP contribution in [-0.4, -0.2) is 65.9 Å². The zero-order valence-electron chi connectivity index (χ0n) is 21.4. The van der Waals surface area contributed by atoms with Gasteiger partial charge in [-0.05, 0) is 49.4 Å². The Kier molecular flexibility index (Phi) is 7.39. The Morgan fingerprint density at radius 3 is 2.45 bits per heavy atom. The first-order valence-corrected chi connectivity index (χ1v) is 13.0. The van der Waals surface area contributed by atoms with E-state index in [1.807, 2.05) is 25.1 Å². The van der Waals surface area contributed by atoms with Crippen molar-refractivity contribution in [1.29, 1.82) is 0 Å². The third kappa shape index (κ3) is 5.25. The maximum absolute atomic E-state index is 15.7. The number of nitrogens with one attached hydrogen (secondary N) is 2. The molecule has 2 aromatic carbocycles. The first-order valence-electron chi connectivity index (χ1n) is 13.0. The molecule has 3 heterocycles. The Bertz CT molecular complexity index is 1270. The largest absolute Gasteiger partial charge is 0.401 e. The minimum Gasteiger partial charge on any atom is -0.381 e. The van der Waals surface area contributed by atoms with Crippen molar-refractivity contribution in [2.24, 2.45) is 5.92 Å². The summed E-state index contributed by atoms with van der Waals surface area (Å²) < 4.78 is 85.0.